The van der Waals surface area contributed by atoms with E-state index in [1.165, 1.54) is 86.6 Å². The number of hydrogen-bond acceptors (Lipinski definition) is 1. The lowest BCUT2D eigenvalue weighted by Gasteiger charge is -2.22. The SMILES string of the molecule is c1ccc(-c2ccccc2-c2c3ccccc3c(-c3ccc4c(c3)Sc3cccc5cccc-4c35)c3ccccc23)cc1. The molecule has 1 heteroatoms. The maximum absolute atomic E-state index is 2.42. The Morgan fingerprint density at radius 3 is 1.63 bits per heavy atom. The monoisotopic (exact) mass is 562 g/mol. The highest BCUT2D eigenvalue weighted by Gasteiger charge is 2.22. The Bertz CT molecular complexity index is 2300. The first kappa shape index (κ1) is 24.5. The molecule has 0 aromatic heterocycles. The second-order valence-corrected chi connectivity index (χ2v) is 12.3. The molecule has 0 saturated heterocycles. The summed E-state index contributed by atoms with van der Waals surface area (Å²) >= 11 is 1.89. The maximum Gasteiger partial charge on any atom is 0.0207 e. The van der Waals surface area contributed by atoms with E-state index >= 15 is 0 Å². The van der Waals surface area contributed by atoms with Crippen LogP contribution < -0.4 is 0 Å². The van der Waals surface area contributed by atoms with Crippen molar-refractivity contribution in [1.29, 1.82) is 0 Å². The van der Waals surface area contributed by atoms with E-state index in [0.717, 1.165) is 0 Å². The van der Waals surface area contributed by atoms with Gasteiger partial charge in [0.2, 0.25) is 0 Å². The summed E-state index contributed by atoms with van der Waals surface area (Å²) in [6, 6.07) is 57.9. The summed E-state index contributed by atoms with van der Waals surface area (Å²) in [5, 5.41) is 7.79. The van der Waals surface area contributed by atoms with E-state index in [1.54, 1.807) is 0 Å². The van der Waals surface area contributed by atoms with E-state index in [4.69, 9.17) is 0 Å². The lowest BCUT2D eigenvalue weighted by atomic mass is 9.83. The van der Waals surface area contributed by atoms with Gasteiger partial charge in [0.05, 0.1) is 0 Å². The van der Waals surface area contributed by atoms with Crippen LogP contribution in [-0.2, 0) is 0 Å². The second-order valence-electron chi connectivity index (χ2n) is 11.2. The highest BCUT2D eigenvalue weighted by molar-refractivity contribution is 7.99. The fraction of sp³-hybridized carbons (Fsp3) is 0. The highest BCUT2D eigenvalue weighted by Crippen LogP contribution is 2.51. The van der Waals surface area contributed by atoms with Crippen molar-refractivity contribution in [3.8, 4) is 44.5 Å². The van der Waals surface area contributed by atoms with Crippen molar-refractivity contribution in [3.05, 3.63) is 158 Å². The van der Waals surface area contributed by atoms with E-state index in [2.05, 4.69) is 158 Å². The molecule has 0 bridgehead atoms. The third-order valence-electron chi connectivity index (χ3n) is 8.86. The fourth-order valence-corrected chi connectivity index (χ4v) is 8.21. The van der Waals surface area contributed by atoms with Crippen LogP contribution in [0.25, 0.3) is 76.8 Å². The van der Waals surface area contributed by atoms with Gasteiger partial charge in [-0.15, -0.1) is 0 Å². The van der Waals surface area contributed by atoms with Gasteiger partial charge in [0.1, 0.15) is 0 Å². The zero-order valence-corrected chi connectivity index (χ0v) is 24.2. The quantitative estimate of drug-likeness (QED) is 0.193. The van der Waals surface area contributed by atoms with Gasteiger partial charge in [-0.25, -0.2) is 0 Å². The minimum Gasteiger partial charge on any atom is -0.0888 e. The van der Waals surface area contributed by atoms with Crippen molar-refractivity contribution in [2.45, 2.75) is 9.79 Å². The van der Waals surface area contributed by atoms with Crippen molar-refractivity contribution in [2.75, 3.05) is 0 Å². The van der Waals surface area contributed by atoms with Gasteiger partial charge in [-0.3, -0.25) is 0 Å². The number of benzene rings is 8. The summed E-state index contributed by atoms with van der Waals surface area (Å²) in [5.41, 5.74) is 10.2. The van der Waals surface area contributed by atoms with E-state index < -0.39 is 0 Å². The van der Waals surface area contributed by atoms with E-state index in [-0.39, 0.29) is 0 Å². The summed E-state index contributed by atoms with van der Waals surface area (Å²) in [6.07, 6.45) is 0. The normalized spacial score (nSPS) is 12.1. The Morgan fingerprint density at radius 2 is 0.907 bits per heavy atom. The van der Waals surface area contributed by atoms with Crippen molar-refractivity contribution in [2.24, 2.45) is 0 Å². The van der Waals surface area contributed by atoms with Crippen molar-refractivity contribution in [3.63, 3.8) is 0 Å². The highest BCUT2D eigenvalue weighted by atomic mass is 32.2. The largest absolute Gasteiger partial charge is 0.0888 e. The summed E-state index contributed by atoms with van der Waals surface area (Å²) < 4.78 is 0. The zero-order chi connectivity index (χ0) is 28.3. The molecule has 9 rings (SSSR count). The second kappa shape index (κ2) is 9.73. The molecule has 43 heavy (non-hydrogen) atoms. The standard InChI is InChI=1S/C42H26S/c1-2-12-27(13-3-1)30-16-4-5-17-32(30)42-36-20-8-6-18-34(36)40(35-19-7-9-21-37(35)42)29-24-25-31-33-22-10-14-28-15-11-23-38(41(28)33)43-39(31)26-29/h1-26H. The first-order valence-electron chi connectivity index (χ1n) is 14.8. The van der Waals surface area contributed by atoms with Crippen LogP contribution in [0.5, 0.6) is 0 Å². The van der Waals surface area contributed by atoms with Crippen molar-refractivity contribution < 1.29 is 0 Å². The van der Waals surface area contributed by atoms with Gasteiger partial charge in [-0.1, -0.05) is 157 Å². The number of hydrogen-bond donors (Lipinski definition) is 0. The van der Waals surface area contributed by atoms with E-state index in [9.17, 15) is 0 Å². The van der Waals surface area contributed by atoms with Gasteiger partial charge in [0.15, 0.2) is 0 Å². The van der Waals surface area contributed by atoms with Crippen molar-refractivity contribution in [1.82, 2.24) is 0 Å². The summed E-state index contributed by atoms with van der Waals surface area (Å²) in [6.45, 7) is 0. The van der Waals surface area contributed by atoms with Gasteiger partial charge in [0, 0.05) is 15.2 Å². The molecule has 8 aromatic rings. The number of fused-ring (bicyclic) bond motifs is 4. The Morgan fingerprint density at radius 1 is 0.326 bits per heavy atom. The lowest BCUT2D eigenvalue weighted by Crippen LogP contribution is -1.95. The Hall–Kier alpha value is -5.11. The molecule has 0 unspecified atom stereocenters. The minimum atomic E-state index is 1.23. The molecule has 0 spiro atoms. The van der Waals surface area contributed by atoms with Gasteiger partial charge in [0.25, 0.3) is 0 Å². The fourth-order valence-electron chi connectivity index (χ4n) is 7.02. The molecule has 0 atom stereocenters. The molecular formula is C42H26S. The van der Waals surface area contributed by atoms with Crippen LogP contribution in [0.2, 0.25) is 0 Å². The van der Waals surface area contributed by atoms with Crippen LogP contribution in [0.15, 0.2) is 168 Å². The molecule has 0 aliphatic carbocycles. The molecular weight excluding hydrogens is 537 g/mol. The molecule has 0 radical (unpaired) electrons. The Kier molecular flexibility index (Phi) is 5.54. The molecule has 8 aromatic carbocycles. The van der Waals surface area contributed by atoms with Gasteiger partial charge < -0.3 is 0 Å². The smallest absolute Gasteiger partial charge is 0.0207 e. The Labute approximate surface area is 255 Å². The molecule has 0 N–H and O–H groups in total. The molecule has 0 fully saturated rings. The third-order valence-corrected chi connectivity index (χ3v) is 9.98. The topological polar surface area (TPSA) is 0 Å². The predicted octanol–water partition coefficient (Wildman–Crippen LogP) is 12.3. The third kappa shape index (κ3) is 3.79. The van der Waals surface area contributed by atoms with Crippen LogP contribution in [0.3, 0.4) is 0 Å². The van der Waals surface area contributed by atoms with Crippen LogP contribution in [0, 0.1) is 0 Å². The first-order chi connectivity index (χ1) is 21.3. The predicted molar refractivity (Wildman–Crippen MR) is 185 cm³/mol. The summed E-state index contributed by atoms with van der Waals surface area (Å²) in [7, 11) is 0. The molecule has 200 valence electrons. The molecule has 1 heterocycles. The van der Waals surface area contributed by atoms with Crippen molar-refractivity contribution >= 4 is 44.1 Å². The van der Waals surface area contributed by atoms with Gasteiger partial charge in [-0.05, 0) is 83.6 Å². The zero-order valence-electron chi connectivity index (χ0n) is 23.4. The molecule has 0 nitrogen and oxygen atoms in total. The minimum absolute atomic E-state index is 1.23. The van der Waals surface area contributed by atoms with Gasteiger partial charge in [-0.2, -0.15) is 0 Å². The first-order valence-corrected chi connectivity index (χ1v) is 15.6. The number of rotatable bonds is 3. The van der Waals surface area contributed by atoms with Crippen LogP contribution in [0.4, 0.5) is 0 Å². The van der Waals surface area contributed by atoms with Crippen LogP contribution in [0.1, 0.15) is 0 Å². The molecule has 1 aliphatic heterocycles. The van der Waals surface area contributed by atoms with E-state index in [0.29, 0.717) is 0 Å². The summed E-state index contributed by atoms with van der Waals surface area (Å²) in [4.78, 5) is 2.65. The summed E-state index contributed by atoms with van der Waals surface area (Å²) in [5.74, 6) is 0. The average Bonchev–Trinajstić information content (AvgIpc) is 3.07. The van der Waals surface area contributed by atoms with Gasteiger partial charge >= 0.3 is 0 Å². The lowest BCUT2D eigenvalue weighted by molar-refractivity contribution is 1.40. The molecule has 0 amide bonds. The molecule has 0 saturated carbocycles. The molecule has 1 aliphatic rings. The van der Waals surface area contributed by atoms with Crippen LogP contribution >= 0.6 is 11.8 Å². The van der Waals surface area contributed by atoms with E-state index in [1.807, 2.05) is 11.8 Å². The average molecular weight is 563 g/mol. The Balaban J connectivity index is 1.32. The maximum atomic E-state index is 2.42. The van der Waals surface area contributed by atoms with Crippen LogP contribution in [-0.4, -0.2) is 0 Å².